The van der Waals surface area contributed by atoms with Crippen molar-refractivity contribution in [2.45, 2.75) is 44.7 Å². The van der Waals surface area contributed by atoms with Crippen LogP contribution in [0.25, 0.3) is 0 Å². The van der Waals surface area contributed by atoms with E-state index in [1.807, 2.05) is 6.92 Å². The van der Waals surface area contributed by atoms with Crippen molar-refractivity contribution in [2.24, 2.45) is 0 Å². The molecule has 0 bridgehead atoms. The van der Waals surface area contributed by atoms with Gasteiger partial charge < -0.3 is 10.2 Å². The van der Waals surface area contributed by atoms with Gasteiger partial charge in [-0.3, -0.25) is 0 Å². The summed E-state index contributed by atoms with van der Waals surface area (Å²) in [4.78, 5) is 10.4. The molecule has 1 aromatic rings. The molecule has 21 heavy (non-hydrogen) atoms. The van der Waals surface area contributed by atoms with Crippen molar-refractivity contribution in [1.29, 1.82) is 0 Å². The van der Waals surface area contributed by atoms with Gasteiger partial charge in [-0.15, -0.1) is 0 Å². The highest BCUT2D eigenvalue weighted by atomic mass is 19.4. The molecule has 1 aliphatic rings. The number of hydrogen-bond acceptors (Lipinski definition) is 4. The number of rotatable bonds is 7. The molecule has 1 N–H and O–H groups in total. The van der Waals surface area contributed by atoms with Crippen LogP contribution in [0.5, 0.6) is 0 Å². The Balaban J connectivity index is 2.10. The van der Waals surface area contributed by atoms with Crippen LogP contribution in [0.2, 0.25) is 0 Å². The van der Waals surface area contributed by atoms with Gasteiger partial charge in [-0.25, -0.2) is 9.97 Å². The van der Waals surface area contributed by atoms with E-state index in [4.69, 9.17) is 0 Å². The lowest BCUT2D eigenvalue weighted by molar-refractivity contribution is -0.132. The van der Waals surface area contributed by atoms with E-state index in [2.05, 4.69) is 15.3 Å². The number of anilines is 2. The second-order valence-electron chi connectivity index (χ2n) is 5.46. The first-order valence-corrected chi connectivity index (χ1v) is 7.30. The monoisotopic (exact) mass is 302 g/mol. The molecule has 1 aromatic heterocycles. The first-order chi connectivity index (χ1) is 9.89. The smallest absolute Gasteiger partial charge is 0.370 e. The van der Waals surface area contributed by atoms with Gasteiger partial charge in [0.1, 0.15) is 17.5 Å². The van der Waals surface area contributed by atoms with E-state index in [1.54, 1.807) is 13.1 Å². The highest BCUT2D eigenvalue weighted by molar-refractivity contribution is 5.49. The van der Waals surface area contributed by atoms with Crippen LogP contribution in [-0.4, -0.2) is 36.3 Å². The van der Waals surface area contributed by atoms with Crippen molar-refractivity contribution in [3.63, 3.8) is 0 Å². The quantitative estimate of drug-likeness (QED) is 0.836. The van der Waals surface area contributed by atoms with E-state index in [0.29, 0.717) is 17.6 Å². The molecule has 0 unspecified atom stereocenters. The third-order valence-electron chi connectivity index (χ3n) is 3.35. The van der Waals surface area contributed by atoms with Crippen LogP contribution in [0.1, 0.15) is 44.3 Å². The second-order valence-corrected chi connectivity index (χ2v) is 5.46. The summed E-state index contributed by atoms with van der Waals surface area (Å²) in [5, 5.41) is 3.18. The van der Waals surface area contributed by atoms with Crippen molar-refractivity contribution in [3.8, 4) is 0 Å². The molecule has 1 saturated carbocycles. The Morgan fingerprint density at radius 1 is 1.33 bits per heavy atom. The maximum absolute atomic E-state index is 12.3. The van der Waals surface area contributed by atoms with Crippen molar-refractivity contribution < 1.29 is 13.2 Å². The molecular weight excluding hydrogens is 281 g/mol. The summed E-state index contributed by atoms with van der Waals surface area (Å²) >= 11 is 0. The van der Waals surface area contributed by atoms with Gasteiger partial charge in [-0.05, 0) is 19.3 Å². The predicted molar refractivity (Wildman–Crippen MR) is 76.7 cm³/mol. The van der Waals surface area contributed by atoms with Gasteiger partial charge in [0, 0.05) is 32.1 Å². The highest BCUT2D eigenvalue weighted by Gasteiger charge is 2.29. The molecule has 0 atom stereocenters. The Kier molecular flexibility index (Phi) is 4.90. The Morgan fingerprint density at radius 3 is 2.62 bits per heavy atom. The number of hydrogen-bond donors (Lipinski definition) is 1. The summed E-state index contributed by atoms with van der Waals surface area (Å²) in [5.74, 6) is 2.35. The Morgan fingerprint density at radius 2 is 2.05 bits per heavy atom. The average Bonchev–Trinajstić information content (AvgIpc) is 3.26. The van der Waals surface area contributed by atoms with E-state index >= 15 is 0 Å². The van der Waals surface area contributed by atoms with Crippen LogP contribution in [-0.2, 0) is 0 Å². The lowest BCUT2D eigenvalue weighted by Crippen LogP contribution is -2.25. The number of nitrogens with one attached hydrogen (secondary N) is 1. The van der Waals surface area contributed by atoms with Crippen molar-refractivity contribution in [1.82, 2.24) is 9.97 Å². The van der Waals surface area contributed by atoms with E-state index in [0.717, 1.165) is 31.6 Å². The van der Waals surface area contributed by atoms with Crippen LogP contribution in [0.3, 0.4) is 0 Å². The molecule has 0 aromatic carbocycles. The summed E-state index contributed by atoms with van der Waals surface area (Å²) < 4.78 is 37.0. The lowest BCUT2D eigenvalue weighted by Gasteiger charge is -2.20. The third kappa shape index (κ3) is 5.06. The van der Waals surface area contributed by atoms with Gasteiger partial charge in [-0.1, -0.05) is 6.92 Å². The maximum Gasteiger partial charge on any atom is 0.390 e. The molecule has 0 radical (unpaired) electrons. The minimum atomic E-state index is -4.15. The Hall–Kier alpha value is -1.53. The van der Waals surface area contributed by atoms with Gasteiger partial charge in [0.2, 0.25) is 0 Å². The van der Waals surface area contributed by atoms with Crippen LogP contribution in [0.15, 0.2) is 6.07 Å². The molecule has 118 valence electrons. The zero-order valence-corrected chi connectivity index (χ0v) is 12.4. The maximum atomic E-state index is 12.3. The predicted octanol–water partition coefficient (Wildman–Crippen LogP) is 3.56. The average molecular weight is 302 g/mol. The van der Waals surface area contributed by atoms with Gasteiger partial charge in [0.05, 0.1) is 6.42 Å². The van der Waals surface area contributed by atoms with Crippen molar-refractivity contribution in [2.75, 3.05) is 30.4 Å². The molecule has 0 spiro atoms. The van der Waals surface area contributed by atoms with Crippen molar-refractivity contribution in [3.05, 3.63) is 11.9 Å². The molecule has 0 saturated heterocycles. The lowest BCUT2D eigenvalue weighted by atomic mass is 10.3. The molecule has 1 fully saturated rings. The summed E-state index contributed by atoms with van der Waals surface area (Å²) in [7, 11) is 1.63. The molecule has 1 aliphatic carbocycles. The largest absolute Gasteiger partial charge is 0.390 e. The molecule has 1 heterocycles. The van der Waals surface area contributed by atoms with Gasteiger partial charge >= 0.3 is 6.18 Å². The minimum Gasteiger partial charge on any atom is -0.370 e. The summed E-state index contributed by atoms with van der Waals surface area (Å²) in [6, 6.07) is 1.72. The molecule has 0 aliphatic heterocycles. The van der Waals surface area contributed by atoms with E-state index in [9.17, 15) is 13.2 Å². The Labute approximate surface area is 122 Å². The number of nitrogens with zero attached hydrogens (tertiary/aromatic N) is 3. The van der Waals surface area contributed by atoms with Gasteiger partial charge in [0.25, 0.3) is 0 Å². The van der Waals surface area contributed by atoms with Crippen LogP contribution in [0.4, 0.5) is 24.8 Å². The summed E-state index contributed by atoms with van der Waals surface area (Å²) in [6.07, 6.45) is -1.91. The first-order valence-electron chi connectivity index (χ1n) is 7.30. The zero-order chi connectivity index (χ0) is 15.5. The normalized spacial score (nSPS) is 15.1. The topological polar surface area (TPSA) is 41.0 Å². The molecule has 0 amide bonds. The van der Waals surface area contributed by atoms with E-state index in [1.165, 1.54) is 4.90 Å². The number of alkyl halides is 3. The fourth-order valence-corrected chi connectivity index (χ4v) is 1.92. The van der Waals surface area contributed by atoms with Crippen LogP contribution >= 0.6 is 0 Å². The minimum absolute atomic E-state index is 0.0994. The molecule has 7 heteroatoms. The van der Waals surface area contributed by atoms with E-state index < -0.39 is 12.6 Å². The summed E-state index contributed by atoms with van der Waals surface area (Å²) in [5.41, 5.74) is 0. The highest BCUT2D eigenvalue weighted by Crippen LogP contribution is 2.39. The standard InChI is InChI=1S/C14H21F3N4/c1-3-7-18-11-9-12(20-13(19-11)10-4-5-10)21(2)8-6-14(15,16)17/h9-10H,3-8H2,1-2H3,(H,18,19,20). The number of halogens is 3. The second kappa shape index (κ2) is 6.49. The molecule has 2 rings (SSSR count). The SMILES string of the molecule is CCCNc1cc(N(C)CCC(F)(F)F)nc(C2CC2)n1. The molecular formula is C14H21F3N4. The fraction of sp³-hybridized carbons (Fsp3) is 0.714. The zero-order valence-electron chi connectivity index (χ0n) is 12.4. The Bertz CT molecular complexity index is 472. The first kappa shape index (κ1) is 15.9. The summed E-state index contributed by atoms with van der Waals surface area (Å²) in [6.45, 7) is 2.73. The van der Waals surface area contributed by atoms with Gasteiger partial charge in [-0.2, -0.15) is 13.2 Å². The van der Waals surface area contributed by atoms with E-state index in [-0.39, 0.29) is 6.54 Å². The van der Waals surface area contributed by atoms with Crippen LogP contribution < -0.4 is 10.2 Å². The third-order valence-corrected chi connectivity index (χ3v) is 3.35. The van der Waals surface area contributed by atoms with Crippen molar-refractivity contribution >= 4 is 11.6 Å². The molecule has 4 nitrogen and oxygen atoms in total. The number of aromatic nitrogens is 2. The van der Waals surface area contributed by atoms with Crippen LogP contribution in [0, 0.1) is 0 Å². The van der Waals surface area contributed by atoms with Gasteiger partial charge in [0.15, 0.2) is 0 Å². The fourth-order valence-electron chi connectivity index (χ4n) is 1.92.